The summed E-state index contributed by atoms with van der Waals surface area (Å²) in [7, 11) is 0. The number of hydrogen-bond acceptors (Lipinski definition) is 5. The number of carbonyl (C=O) groups is 1. The zero-order valence-corrected chi connectivity index (χ0v) is 11.6. The van der Waals surface area contributed by atoms with Crippen LogP contribution in [0.1, 0.15) is 19.8 Å². The number of rotatable bonds is 4. The van der Waals surface area contributed by atoms with E-state index in [4.69, 9.17) is 16.3 Å². The number of halogens is 1. The van der Waals surface area contributed by atoms with Gasteiger partial charge in [0.1, 0.15) is 5.15 Å². The molecular formula is C12H14ClN3O4. The number of carbonyl (C=O) groups excluding carboxylic acids is 1. The summed E-state index contributed by atoms with van der Waals surface area (Å²) < 4.78 is 5.43. The molecule has 7 nitrogen and oxygen atoms in total. The van der Waals surface area contributed by atoms with Crippen LogP contribution in [-0.4, -0.2) is 28.5 Å². The average molecular weight is 300 g/mol. The van der Waals surface area contributed by atoms with Gasteiger partial charge in [0.25, 0.3) is 0 Å². The molecule has 2 unspecified atom stereocenters. The number of ether oxygens (including phenoxy) is 1. The van der Waals surface area contributed by atoms with Crippen molar-refractivity contribution in [2.24, 2.45) is 5.92 Å². The van der Waals surface area contributed by atoms with E-state index in [1.807, 2.05) is 6.92 Å². The van der Waals surface area contributed by atoms with Crippen LogP contribution < -0.4 is 5.32 Å². The Kier molecular flexibility index (Phi) is 4.51. The summed E-state index contributed by atoms with van der Waals surface area (Å²) in [4.78, 5) is 26.3. The van der Waals surface area contributed by atoms with Crippen LogP contribution in [0.3, 0.4) is 0 Å². The average Bonchev–Trinajstić information content (AvgIpc) is 2.86. The van der Waals surface area contributed by atoms with Crippen molar-refractivity contribution in [3.63, 3.8) is 0 Å². The third kappa shape index (κ3) is 3.05. The quantitative estimate of drug-likeness (QED) is 0.523. The van der Waals surface area contributed by atoms with Crippen molar-refractivity contribution < 1.29 is 14.5 Å². The lowest BCUT2D eigenvalue weighted by atomic mass is 9.99. The second kappa shape index (κ2) is 6.15. The van der Waals surface area contributed by atoms with E-state index in [1.54, 1.807) is 0 Å². The smallest absolute Gasteiger partial charge is 0.311 e. The summed E-state index contributed by atoms with van der Waals surface area (Å²) in [5, 5.41) is 13.5. The second-order valence-electron chi connectivity index (χ2n) is 4.46. The normalized spacial score (nSPS) is 21.7. The molecule has 1 saturated heterocycles. The fourth-order valence-electron chi connectivity index (χ4n) is 2.23. The standard InChI is InChI=1S/C12H14ClN3O4/c1-2-9-7(5-6-20-9)12(17)15-11-8(16(18)19)3-4-10(13)14-11/h3-4,7,9H,2,5-6H2,1H3,(H,14,15,17). The summed E-state index contributed by atoms with van der Waals surface area (Å²) in [5.41, 5.74) is -0.283. The van der Waals surface area contributed by atoms with Crippen LogP contribution in [0.2, 0.25) is 5.15 Å². The number of pyridine rings is 1. The van der Waals surface area contributed by atoms with Crippen molar-refractivity contribution in [3.05, 3.63) is 27.4 Å². The van der Waals surface area contributed by atoms with Crippen molar-refractivity contribution in [2.75, 3.05) is 11.9 Å². The van der Waals surface area contributed by atoms with Gasteiger partial charge in [-0.25, -0.2) is 4.98 Å². The Balaban J connectivity index is 2.19. The van der Waals surface area contributed by atoms with Gasteiger partial charge in [0.05, 0.1) is 16.9 Å². The second-order valence-corrected chi connectivity index (χ2v) is 4.85. The predicted octanol–water partition coefficient (Wildman–Crippen LogP) is 2.40. The number of nitrogens with one attached hydrogen (secondary N) is 1. The maximum absolute atomic E-state index is 12.2. The number of nitro groups is 1. The first kappa shape index (κ1) is 14.7. The molecule has 2 heterocycles. The Labute approximate surface area is 120 Å². The molecule has 2 atom stereocenters. The first-order valence-corrected chi connectivity index (χ1v) is 6.64. The van der Waals surface area contributed by atoms with Crippen LogP contribution >= 0.6 is 11.6 Å². The minimum Gasteiger partial charge on any atom is -0.377 e. The molecule has 8 heteroatoms. The van der Waals surface area contributed by atoms with Crippen molar-refractivity contribution in [2.45, 2.75) is 25.9 Å². The van der Waals surface area contributed by atoms with Gasteiger partial charge in [-0.3, -0.25) is 14.9 Å². The van der Waals surface area contributed by atoms with E-state index in [9.17, 15) is 14.9 Å². The molecule has 1 aromatic heterocycles. The van der Waals surface area contributed by atoms with E-state index in [-0.39, 0.29) is 34.6 Å². The maximum Gasteiger partial charge on any atom is 0.311 e. The molecule has 0 aliphatic carbocycles. The third-order valence-corrected chi connectivity index (χ3v) is 3.44. The van der Waals surface area contributed by atoms with Crippen LogP contribution in [0.5, 0.6) is 0 Å². The largest absolute Gasteiger partial charge is 0.377 e. The van der Waals surface area contributed by atoms with Crippen LogP contribution in [0, 0.1) is 16.0 Å². The van der Waals surface area contributed by atoms with Crippen molar-refractivity contribution >= 4 is 29.0 Å². The Hall–Kier alpha value is -1.73. The number of hydrogen-bond donors (Lipinski definition) is 1. The summed E-state index contributed by atoms with van der Waals surface area (Å²) >= 11 is 5.71. The molecule has 1 aliphatic rings. The third-order valence-electron chi connectivity index (χ3n) is 3.23. The highest BCUT2D eigenvalue weighted by Crippen LogP contribution is 2.28. The first-order chi connectivity index (χ1) is 9.52. The van der Waals surface area contributed by atoms with E-state index < -0.39 is 4.92 Å². The molecule has 0 saturated carbocycles. The summed E-state index contributed by atoms with van der Waals surface area (Å²) in [6, 6.07) is 2.52. The van der Waals surface area contributed by atoms with Gasteiger partial charge in [-0.2, -0.15) is 0 Å². The zero-order valence-electron chi connectivity index (χ0n) is 10.8. The molecular weight excluding hydrogens is 286 g/mol. The molecule has 0 bridgehead atoms. The van der Waals surface area contributed by atoms with Crippen LogP contribution in [0.4, 0.5) is 11.5 Å². The fraction of sp³-hybridized carbons (Fsp3) is 0.500. The Morgan fingerprint density at radius 1 is 1.65 bits per heavy atom. The highest BCUT2D eigenvalue weighted by atomic mass is 35.5. The molecule has 2 rings (SSSR count). The Morgan fingerprint density at radius 2 is 2.40 bits per heavy atom. The van der Waals surface area contributed by atoms with E-state index in [2.05, 4.69) is 10.3 Å². The minimum absolute atomic E-state index is 0.0839. The number of anilines is 1. The first-order valence-electron chi connectivity index (χ1n) is 6.26. The van der Waals surface area contributed by atoms with E-state index in [0.717, 1.165) is 0 Å². The van der Waals surface area contributed by atoms with Gasteiger partial charge in [-0.05, 0) is 18.9 Å². The molecule has 1 fully saturated rings. The lowest BCUT2D eigenvalue weighted by molar-refractivity contribution is -0.384. The van der Waals surface area contributed by atoms with Crippen molar-refractivity contribution in [1.29, 1.82) is 0 Å². The Morgan fingerprint density at radius 3 is 3.05 bits per heavy atom. The molecule has 0 radical (unpaired) electrons. The van der Waals surface area contributed by atoms with Gasteiger partial charge in [-0.1, -0.05) is 18.5 Å². The number of aromatic nitrogens is 1. The molecule has 108 valence electrons. The van der Waals surface area contributed by atoms with Gasteiger partial charge >= 0.3 is 5.69 Å². The topological polar surface area (TPSA) is 94.4 Å². The van der Waals surface area contributed by atoms with Crippen LogP contribution in [0.15, 0.2) is 12.1 Å². The van der Waals surface area contributed by atoms with E-state index in [1.165, 1.54) is 12.1 Å². The molecule has 1 aliphatic heterocycles. The lowest BCUT2D eigenvalue weighted by Crippen LogP contribution is -2.29. The van der Waals surface area contributed by atoms with E-state index in [0.29, 0.717) is 19.4 Å². The van der Waals surface area contributed by atoms with Gasteiger partial charge in [0.2, 0.25) is 11.7 Å². The highest BCUT2D eigenvalue weighted by Gasteiger charge is 2.34. The lowest BCUT2D eigenvalue weighted by Gasteiger charge is -2.16. The van der Waals surface area contributed by atoms with Gasteiger partial charge in [0, 0.05) is 12.7 Å². The molecule has 0 aromatic carbocycles. The van der Waals surface area contributed by atoms with Crippen molar-refractivity contribution in [3.8, 4) is 0 Å². The van der Waals surface area contributed by atoms with E-state index >= 15 is 0 Å². The molecule has 1 N–H and O–H groups in total. The van der Waals surface area contributed by atoms with Crippen LogP contribution in [-0.2, 0) is 9.53 Å². The number of nitrogens with zero attached hydrogens (tertiary/aromatic N) is 2. The van der Waals surface area contributed by atoms with Gasteiger partial charge in [-0.15, -0.1) is 0 Å². The fourth-order valence-corrected chi connectivity index (χ4v) is 2.37. The molecule has 1 amide bonds. The number of amides is 1. The van der Waals surface area contributed by atoms with Gasteiger partial charge < -0.3 is 10.1 Å². The SMILES string of the molecule is CCC1OCCC1C(=O)Nc1nc(Cl)ccc1[N+](=O)[O-]. The van der Waals surface area contributed by atoms with Crippen LogP contribution in [0.25, 0.3) is 0 Å². The molecule has 0 spiro atoms. The highest BCUT2D eigenvalue weighted by molar-refractivity contribution is 6.29. The summed E-state index contributed by atoms with van der Waals surface area (Å²) in [6.45, 7) is 2.44. The Bertz CT molecular complexity index is 537. The van der Waals surface area contributed by atoms with Crippen molar-refractivity contribution in [1.82, 2.24) is 4.98 Å². The maximum atomic E-state index is 12.2. The summed E-state index contributed by atoms with van der Waals surface area (Å²) in [6.07, 6.45) is 1.15. The molecule has 20 heavy (non-hydrogen) atoms. The molecule has 1 aromatic rings. The van der Waals surface area contributed by atoms with Gasteiger partial charge in [0.15, 0.2) is 0 Å². The zero-order chi connectivity index (χ0) is 14.7. The minimum atomic E-state index is -0.610. The summed E-state index contributed by atoms with van der Waals surface area (Å²) in [5.74, 6) is -0.776. The monoisotopic (exact) mass is 299 g/mol. The predicted molar refractivity (Wildman–Crippen MR) is 72.7 cm³/mol.